The number of aryl methyl sites for hydroxylation is 1. The van der Waals surface area contributed by atoms with Gasteiger partial charge in [0.25, 0.3) is 0 Å². The van der Waals surface area contributed by atoms with Crippen LogP contribution in [0.2, 0.25) is 0 Å². The largest absolute Gasteiger partial charge is 0.371 e. The Labute approximate surface area is 152 Å². The van der Waals surface area contributed by atoms with Crippen molar-refractivity contribution in [3.63, 3.8) is 0 Å². The van der Waals surface area contributed by atoms with Crippen LogP contribution in [0.4, 0.5) is 5.69 Å². The van der Waals surface area contributed by atoms with Crippen LogP contribution in [-0.4, -0.2) is 29.9 Å². The molecule has 0 spiro atoms. The molecule has 0 bridgehead atoms. The molecule has 0 fully saturated rings. The van der Waals surface area contributed by atoms with Crippen LogP contribution in [0, 0.1) is 6.92 Å². The fourth-order valence-corrected chi connectivity index (χ4v) is 3.01. The number of benzene rings is 2. The van der Waals surface area contributed by atoms with E-state index in [9.17, 15) is 4.79 Å². The van der Waals surface area contributed by atoms with E-state index in [1.165, 1.54) is 16.8 Å². The van der Waals surface area contributed by atoms with Crippen LogP contribution in [-0.2, 0) is 11.3 Å². The maximum absolute atomic E-state index is 12.8. The highest BCUT2D eigenvalue weighted by molar-refractivity contribution is 5.77. The lowest BCUT2D eigenvalue weighted by atomic mass is 10.1. The summed E-state index contributed by atoms with van der Waals surface area (Å²) in [6.07, 6.45) is 0.535. The molecule has 2 aromatic rings. The van der Waals surface area contributed by atoms with Gasteiger partial charge in [-0.1, -0.05) is 42.5 Å². The van der Waals surface area contributed by atoms with E-state index in [1.54, 1.807) is 0 Å². The number of anilines is 1. The zero-order chi connectivity index (χ0) is 18.2. The molecule has 0 saturated heterocycles. The number of rotatable bonds is 8. The second kappa shape index (κ2) is 9.26. The molecule has 134 valence electrons. The Balaban J connectivity index is 2.00. The molecule has 2 rings (SSSR count). The average molecular weight is 338 g/mol. The van der Waals surface area contributed by atoms with Crippen molar-refractivity contribution >= 4 is 11.6 Å². The van der Waals surface area contributed by atoms with Gasteiger partial charge in [-0.05, 0) is 51.0 Å². The molecular weight excluding hydrogens is 308 g/mol. The van der Waals surface area contributed by atoms with Gasteiger partial charge >= 0.3 is 0 Å². The highest BCUT2D eigenvalue weighted by Crippen LogP contribution is 2.17. The smallest absolute Gasteiger partial charge is 0.224 e. The third kappa shape index (κ3) is 5.63. The molecule has 0 saturated carbocycles. The summed E-state index contributed by atoms with van der Waals surface area (Å²) in [4.78, 5) is 17.0. The summed E-state index contributed by atoms with van der Waals surface area (Å²) in [6.45, 7) is 10.7. The van der Waals surface area contributed by atoms with Gasteiger partial charge in [-0.2, -0.15) is 0 Å². The SMILES string of the molecule is CCN(CCC(=O)N(Cc1ccccc1)C(C)C)c1cccc(C)c1. The fourth-order valence-electron chi connectivity index (χ4n) is 3.01. The summed E-state index contributed by atoms with van der Waals surface area (Å²) in [5.41, 5.74) is 3.61. The summed E-state index contributed by atoms with van der Waals surface area (Å²) in [7, 11) is 0. The van der Waals surface area contributed by atoms with Crippen LogP contribution >= 0.6 is 0 Å². The lowest BCUT2D eigenvalue weighted by Gasteiger charge is -2.29. The van der Waals surface area contributed by atoms with Crippen molar-refractivity contribution in [1.29, 1.82) is 0 Å². The topological polar surface area (TPSA) is 23.6 Å². The molecule has 3 heteroatoms. The van der Waals surface area contributed by atoms with Gasteiger partial charge in [-0.15, -0.1) is 0 Å². The monoisotopic (exact) mass is 338 g/mol. The first-order valence-electron chi connectivity index (χ1n) is 9.16. The van der Waals surface area contributed by atoms with E-state index < -0.39 is 0 Å². The minimum absolute atomic E-state index is 0.196. The molecular formula is C22H30N2O. The predicted molar refractivity (Wildman–Crippen MR) is 106 cm³/mol. The lowest BCUT2D eigenvalue weighted by molar-refractivity contribution is -0.133. The van der Waals surface area contributed by atoms with Gasteiger partial charge in [-0.25, -0.2) is 0 Å². The number of hydrogen-bond donors (Lipinski definition) is 0. The number of amides is 1. The van der Waals surface area contributed by atoms with Crippen molar-refractivity contribution in [3.8, 4) is 0 Å². The van der Waals surface area contributed by atoms with Crippen molar-refractivity contribution in [1.82, 2.24) is 4.90 Å². The minimum atomic E-state index is 0.196. The molecule has 2 aromatic carbocycles. The zero-order valence-corrected chi connectivity index (χ0v) is 15.9. The van der Waals surface area contributed by atoms with Gasteiger partial charge in [0.15, 0.2) is 0 Å². The molecule has 25 heavy (non-hydrogen) atoms. The van der Waals surface area contributed by atoms with E-state index in [-0.39, 0.29) is 11.9 Å². The standard InChI is InChI=1S/C22H30N2O/c1-5-23(21-13-9-10-19(4)16-21)15-14-22(25)24(18(2)3)17-20-11-7-6-8-12-20/h6-13,16,18H,5,14-15,17H2,1-4H3. The summed E-state index contributed by atoms with van der Waals surface area (Å²) in [5, 5.41) is 0. The van der Waals surface area contributed by atoms with Gasteiger partial charge in [0.1, 0.15) is 0 Å². The molecule has 0 aliphatic heterocycles. The van der Waals surface area contributed by atoms with E-state index in [0.29, 0.717) is 13.0 Å². The van der Waals surface area contributed by atoms with Gasteiger partial charge in [-0.3, -0.25) is 4.79 Å². The molecule has 0 aliphatic rings. The van der Waals surface area contributed by atoms with Crippen molar-refractivity contribution in [2.75, 3.05) is 18.0 Å². The molecule has 0 aromatic heterocycles. The second-order valence-electron chi connectivity index (χ2n) is 6.77. The van der Waals surface area contributed by atoms with Gasteiger partial charge in [0.05, 0.1) is 0 Å². The zero-order valence-electron chi connectivity index (χ0n) is 15.9. The lowest BCUT2D eigenvalue weighted by Crippen LogP contribution is -2.38. The maximum Gasteiger partial charge on any atom is 0.224 e. The minimum Gasteiger partial charge on any atom is -0.371 e. The third-order valence-electron chi connectivity index (χ3n) is 4.48. The van der Waals surface area contributed by atoms with E-state index in [1.807, 2.05) is 23.1 Å². The molecule has 0 atom stereocenters. The van der Waals surface area contributed by atoms with Crippen molar-refractivity contribution < 1.29 is 4.79 Å². The van der Waals surface area contributed by atoms with E-state index in [2.05, 4.69) is 69.0 Å². The van der Waals surface area contributed by atoms with Crippen LogP contribution in [0.3, 0.4) is 0 Å². The summed E-state index contributed by atoms with van der Waals surface area (Å²) < 4.78 is 0. The Morgan fingerprint density at radius 2 is 1.76 bits per heavy atom. The van der Waals surface area contributed by atoms with Crippen LogP contribution in [0.15, 0.2) is 54.6 Å². The molecule has 3 nitrogen and oxygen atoms in total. The third-order valence-corrected chi connectivity index (χ3v) is 4.48. The molecule has 0 radical (unpaired) electrons. The van der Waals surface area contributed by atoms with Crippen LogP contribution in [0.1, 0.15) is 38.3 Å². The molecule has 0 N–H and O–H groups in total. The summed E-state index contributed by atoms with van der Waals surface area (Å²) >= 11 is 0. The van der Waals surface area contributed by atoms with Crippen LogP contribution in [0.5, 0.6) is 0 Å². The second-order valence-corrected chi connectivity index (χ2v) is 6.77. The molecule has 1 amide bonds. The van der Waals surface area contributed by atoms with Crippen LogP contribution < -0.4 is 4.90 Å². The number of nitrogens with zero attached hydrogens (tertiary/aromatic N) is 2. The van der Waals surface area contributed by atoms with Crippen molar-refractivity contribution in [3.05, 3.63) is 65.7 Å². The number of carbonyl (C=O) groups is 1. The van der Waals surface area contributed by atoms with Gasteiger partial charge in [0.2, 0.25) is 5.91 Å². The predicted octanol–water partition coefficient (Wildman–Crippen LogP) is 4.65. The summed E-state index contributed by atoms with van der Waals surface area (Å²) in [6, 6.07) is 18.9. The summed E-state index contributed by atoms with van der Waals surface area (Å²) in [5.74, 6) is 0.213. The highest BCUT2D eigenvalue weighted by Gasteiger charge is 2.18. The Hall–Kier alpha value is -2.29. The number of hydrogen-bond acceptors (Lipinski definition) is 2. The van der Waals surface area contributed by atoms with Crippen LogP contribution in [0.25, 0.3) is 0 Å². The van der Waals surface area contributed by atoms with Crippen molar-refractivity contribution in [2.45, 2.75) is 46.7 Å². The highest BCUT2D eigenvalue weighted by atomic mass is 16.2. The molecule has 0 unspecified atom stereocenters. The quantitative estimate of drug-likeness (QED) is 0.699. The van der Waals surface area contributed by atoms with Gasteiger partial charge < -0.3 is 9.80 Å². The Bertz CT molecular complexity index is 667. The Morgan fingerprint density at radius 1 is 1.04 bits per heavy atom. The first kappa shape index (κ1) is 19.0. The van der Waals surface area contributed by atoms with Gasteiger partial charge in [0, 0.05) is 37.8 Å². The molecule has 0 heterocycles. The van der Waals surface area contributed by atoms with E-state index in [0.717, 1.165) is 13.1 Å². The van der Waals surface area contributed by atoms with E-state index in [4.69, 9.17) is 0 Å². The van der Waals surface area contributed by atoms with E-state index >= 15 is 0 Å². The normalized spacial score (nSPS) is 10.8. The number of carbonyl (C=O) groups excluding carboxylic acids is 1. The maximum atomic E-state index is 12.8. The fraction of sp³-hybridized carbons (Fsp3) is 0.409. The first-order chi connectivity index (χ1) is 12.0. The Morgan fingerprint density at radius 3 is 2.36 bits per heavy atom. The first-order valence-corrected chi connectivity index (χ1v) is 9.16. The molecule has 0 aliphatic carbocycles. The van der Waals surface area contributed by atoms with Crippen molar-refractivity contribution in [2.24, 2.45) is 0 Å². The Kier molecular flexibility index (Phi) is 7.05. The average Bonchev–Trinajstić information content (AvgIpc) is 2.60.